The molecule has 0 heterocycles. The minimum Gasteiger partial charge on any atom is -0.492 e. The first-order valence-electron chi connectivity index (χ1n) is 11.5. The lowest BCUT2D eigenvalue weighted by Gasteiger charge is -2.35. The Bertz CT molecular complexity index is 709. The molecule has 1 aromatic rings. The van der Waals surface area contributed by atoms with Gasteiger partial charge in [-0.3, -0.25) is 0 Å². The van der Waals surface area contributed by atoms with Gasteiger partial charge in [0.25, 0.3) is 6.43 Å². The SMILES string of the molecule is CCCC1CCC(C2C=CC(COc3ccc(C(C)O)c(F)c3C(F)F)CC2)CC1. The fraction of sp³-hybridized carbons (Fsp3) is 0.680. The highest BCUT2D eigenvalue weighted by atomic mass is 19.3. The predicted molar refractivity (Wildman–Crippen MR) is 113 cm³/mol. The summed E-state index contributed by atoms with van der Waals surface area (Å²) in [4.78, 5) is 0. The van der Waals surface area contributed by atoms with E-state index in [0.717, 1.165) is 24.7 Å². The molecule has 1 N–H and O–H groups in total. The van der Waals surface area contributed by atoms with Crippen molar-refractivity contribution in [1.29, 1.82) is 0 Å². The zero-order chi connectivity index (χ0) is 21.7. The van der Waals surface area contributed by atoms with Crippen molar-refractivity contribution >= 4 is 0 Å². The summed E-state index contributed by atoms with van der Waals surface area (Å²) in [5.41, 5.74) is -0.887. The van der Waals surface area contributed by atoms with Crippen LogP contribution in [0.4, 0.5) is 13.2 Å². The molecule has 2 nitrogen and oxygen atoms in total. The molecule has 0 aliphatic heterocycles. The maximum atomic E-state index is 14.4. The summed E-state index contributed by atoms with van der Waals surface area (Å²) < 4.78 is 46.9. The molecule has 168 valence electrons. The zero-order valence-corrected chi connectivity index (χ0v) is 18.1. The minimum atomic E-state index is -2.99. The lowest BCUT2D eigenvalue weighted by molar-refractivity contribution is 0.135. The molecule has 2 aliphatic carbocycles. The smallest absolute Gasteiger partial charge is 0.270 e. The molecule has 30 heavy (non-hydrogen) atoms. The Morgan fingerprint density at radius 3 is 2.37 bits per heavy atom. The Kier molecular flexibility index (Phi) is 8.27. The number of hydrogen-bond acceptors (Lipinski definition) is 2. The zero-order valence-electron chi connectivity index (χ0n) is 18.1. The van der Waals surface area contributed by atoms with E-state index in [1.165, 1.54) is 57.6 Å². The molecule has 0 aromatic heterocycles. The average Bonchev–Trinajstić information content (AvgIpc) is 2.73. The van der Waals surface area contributed by atoms with Crippen molar-refractivity contribution in [1.82, 2.24) is 0 Å². The minimum absolute atomic E-state index is 0.128. The second-order valence-electron chi connectivity index (χ2n) is 9.12. The Morgan fingerprint density at radius 2 is 1.80 bits per heavy atom. The lowest BCUT2D eigenvalue weighted by atomic mass is 9.71. The Balaban J connectivity index is 1.55. The summed E-state index contributed by atoms with van der Waals surface area (Å²) in [5.74, 6) is 1.24. The van der Waals surface area contributed by atoms with Gasteiger partial charge in [-0.05, 0) is 62.5 Å². The van der Waals surface area contributed by atoms with Gasteiger partial charge in [0, 0.05) is 11.5 Å². The van der Waals surface area contributed by atoms with Gasteiger partial charge in [-0.1, -0.05) is 44.8 Å². The third kappa shape index (κ3) is 5.60. The van der Waals surface area contributed by atoms with Crippen LogP contribution in [0.25, 0.3) is 0 Å². The van der Waals surface area contributed by atoms with Gasteiger partial charge in [0.05, 0.1) is 18.3 Å². The van der Waals surface area contributed by atoms with E-state index in [1.54, 1.807) is 0 Å². The van der Waals surface area contributed by atoms with Crippen LogP contribution >= 0.6 is 0 Å². The first-order valence-corrected chi connectivity index (χ1v) is 11.5. The molecule has 0 bridgehead atoms. The van der Waals surface area contributed by atoms with Gasteiger partial charge >= 0.3 is 0 Å². The maximum absolute atomic E-state index is 14.4. The average molecular weight is 425 g/mol. The van der Waals surface area contributed by atoms with E-state index in [4.69, 9.17) is 4.74 Å². The molecule has 3 rings (SSSR count). The molecule has 1 aromatic carbocycles. The predicted octanol–water partition coefficient (Wildman–Crippen LogP) is 7.38. The van der Waals surface area contributed by atoms with Gasteiger partial charge in [-0.15, -0.1) is 0 Å². The number of hydrogen-bond donors (Lipinski definition) is 1. The Labute approximate surface area is 178 Å². The monoisotopic (exact) mass is 424 g/mol. The van der Waals surface area contributed by atoms with E-state index >= 15 is 0 Å². The summed E-state index contributed by atoms with van der Waals surface area (Å²) in [5, 5.41) is 9.57. The van der Waals surface area contributed by atoms with Crippen LogP contribution in [0.5, 0.6) is 5.75 Å². The van der Waals surface area contributed by atoms with Gasteiger partial charge in [0.2, 0.25) is 0 Å². The van der Waals surface area contributed by atoms with Crippen molar-refractivity contribution in [3.63, 3.8) is 0 Å². The Hall–Kier alpha value is -1.49. The number of aliphatic hydroxyl groups is 1. The number of aliphatic hydroxyl groups excluding tert-OH is 1. The lowest BCUT2D eigenvalue weighted by Crippen LogP contribution is -2.24. The van der Waals surface area contributed by atoms with E-state index in [9.17, 15) is 18.3 Å². The summed E-state index contributed by atoms with van der Waals surface area (Å²) in [6.45, 7) is 3.88. The Morgan fingerprint density at radius 1 is 1.07 bits per heavy atom. The second-order valence-corrected chi connectivity index (χ2v) is 9.12. The fourth-order valence-electron chi connectivity index (χ4n) is 5.18. The number of rotatable bonds is 8. The molecular formula is C25H35F3O2. The van der Waals surface area contributed by atoms with Crippen molar-refractivity contribution in [3.05, 3.63) is 41.2 Å². The second kappa shape index (κ2) is 10.7. The van der Waals surface area contributed by atoms with Crippen molar-refractivity contribution in [2.75, 3.05) is 6.61 Å². The normalized spacial score (nSPS) is 28.0. The highest BCUT2D eigenvalue weighted by Gasteiger charge is 2.29. The number of halogens is 3. The summed E-state index contributed by atoms with van der Waals surface area (Å²) in [7, 11) is 0. The molecule has 3 unspecified atom stereocenters. The third-order valence-corrected chi connectivity index (χ3v) is 6.99. The maximum Gasteiger partial charge on any atom is 0.270 e. The molecule has 0 amide bonds. The quantitative estimate of drug-likeness (QED) is 0.441. The number of allylic oxidation sites excluding steroid dienone is 1. The van der Waals surface area contributed by atoms with Gasteiger partial charge < -0.3 is 9.84 Å². The van der Waals surface area contributed by atoms with Crippen molar-refractivity contribution in [2.24, 2.45) is 23.7 Å². The van der Waals surface area contributed by atoms with Crippen molar-refractivity contribution < 1.29 is 23.0 Å². The highest BCUT2D eigenvalue weighted by molar-refractivity contribution is 5.40. The molecule has 1 fully saturated rings. The van der Waals surface area contributed by atoms with Crippen LogP contribution in [-0.2, 0) is 0 Å². The highest BCUT2D eigenvalue weighted by Crippen LogP contribution is 2.40. The van der Waals surface area contributed by atoms with E-state index in [0.29, 0.717) is 5.92 Å². The van der Waals surface area contributed by atoms with Crippen LogP contribution in [0.1, 0.15) is 88.9 Å². The van der Waals surface area contributed by atoms with Crippen LogP contribution in [0.2, 0.25) is 0 Å². The third-order valence-electron chi connectivity index (χ3n) is 6.99. The van der Waals surface area contributed by atoms with Gasteiger partial charge in [-0.2, -0.15) is 0 Å². The molecular weight excluding hydrogens is 389 g/mol. The number of alkyl halides is 2. The summed E-state index contributed by atoms with van der Waals surface area (Å²) >= 11 is 0. The standard InChI is InChI=1S/C25H35F3O2/c1-3-4-17-5-9-19(10-6-17)20-11-7-18(8-12-20)15-30-22-14-13-21(16(2)29)24(26)23(22)25(27)28/h7,11,13-14,16-20,25,29H,3-6,8-10,12,15H2,1-2H3. The largest absolute Gasteiger partial charge is 0.492 e. The van der Waals surface area contributed by atoms with Gasteiger partial charge in [0.15, 0.2) is 0 Å². The molecule has 3 atom stereocenters. The molecule has 1 saturated carbocycles. The van der Waals surface area contributed by atoms with Crippen LogP contribution in [0.3, 0.4) is 0 Å². The number of benzene rings is 1. The van der Waals surface area contributed by atoms with Crippen molar-refractivity contribution in [2.45, 2.75) is 77.7 Å². The first-order chi connectivity index (χ1) is 14.4. The van der Waals surface area contributed by atoms with Crippen LogP contribution < -0.4 is 4.74 Å². The molecule has 2 aliphatic rings. The van der Waals surface area contributed by atoms with Crippen LogP contribution in [-0.4, -0.2) is 11.7 Å². The molecule has 5 heteroatoms. The molecule has 0 radical (unpaired) electrons. The van der Waals surface area contributed by atoms with Crippen LogP contribution in [0, 0.1) is 29.5 Å². The van der Waals surface area contributed by atoms with E-state index in [-0.39, 0.29) is 23.8 Å². The topological polar surface area (TPSA) is 29.5 Å². The molecule has 0 spiro atoms. The number of ether oxygens (including phenoxy) is 1. The van der Waals surface area contributed by atoms with Crippen LogP contribution in [0.15, 0.2) is 24.3 Å². The summed E-state index contributed by atoms with van der Waals surface area (Å²) in [6, 6.07) is 2.67. The first kappa shape index (κ1) is 23.2. The van der Waals surface area contributed by atoms with E-state index < -0.39 is 23.9 Å². The van der Waals surface area contributed by atoms with E-state index in [2.05, 4.69) is 19.1 Å². The molecule has 0 saturated heterocycles. The fourth-order valence-corrected chi connectivity index (χ4v) is 5.18. The van der Waals surface area contributed by atoms with Crippen molar-refractivity contribution in [3.8, 4) is 5.75 Å². The van der Waals surface area contributed by atoms with Gasteiger partial charge in [-0.25, -0.2) is 13.2 Å². The van der Waals surface area contributed by atoms with Gasteiger partial charge in [0.1, 0.15) is 11.6 Å². The van der Waals surface area contributed by atoms with E-state index in [1.807, 2.05) is 0 Å². The summed E-state index contributed by atoms with van der Waals surface area (Å²) in [6.07, 6.45) is 10.3.